The molecule has 7 N–H and O–H groups in total. The van der Waals surface area contributed by atoms with E-state index < -0.39 is 36.9 Å². The van der Waals surface area contributed by atoms with Crippen molar-refractivity contribution >= 4 is 0 Å². The fourth-order valence-electron chi connectivity index (χ4n) is 1.13. The highest BCUT2D eigenvalue weighted by Gasteiger charge is 2.51. The number of hydrogen-bond acceptors (Lipinski definition) is 7. The third-order valence-electron chi connectivity index (χ3n) is 2.06. The highest BCUT2D eigenvalue weighted by Crippen LogP contribution is 2.24. The van der Waals surface area contributed by atoms with Crippen LogP contribution >= 0.6 is 0 Å². The predicted octanol–water partition coefficient (Wildman–Crippen LogP) is -3.94. The van der Waals surface area contributed by atoms with Gasteiger partial charge < -0.3 is 30.3 Å². The first kappa shape index (κ1) is 10.8. The van der Waals surface area contributed by atoms with Crippen LogP contribution in [0, 0.1) is 0 Å². The largest absolute Gasteiger partial charge is 0.394 e. The van der Waals surface area contributed by atoms with E-state index >= 15 is 0 Å². The highest BCUT2D eigenvalue weighted by molar-refractivity contribution is 4.95. The Morgan fingerprint density at radius 2 is 1.85 bits per heavy atom. The molecule has 0 spiro atoms. The van der Waals surface area contributed by atoms with Crippen LogP contribution in [0.4, 0.5) is 0 Å². The van der Waals surface area contributed by atoms with Gasteiger partial charge in [-0.05, 0) is 0 Å². The first-order valence-electron chi connectivity index (χ1n) is 3.73. The molecule has 1 unspecified atom stereocenters. The van der Waals surface area contributed by atoms with Gasteiger partial charge in [0, 0.05) is 0 Å². The average Bonchev–Trinajstić information content (AvgIpc) is 2.09. The second-order valence-corrected chi connectivity index (χ2v) is 3.03. The summed E-state index contributed by atoms with van der Waals surface area (Å²) in [5.74, 6) is 0. The molecule has 0 saturated carbocycles. The van der Waals surface area contributed by atoms with Gasteiger partial charge in [0.15, 0.2) is 5.72 Å². The van der Waals surface area contributed by atoms with Gasteiger partial charge in [0.1, 0.15) is 18.3 Å². The van der Waals surface area contributed by atoms with Crippen LogP contribution in [-0.4, -0.2) is 62.5 Å². The number of aliphatic hydroxyl groups excluding tert-OH is 4. The predicted molar refractivity (Wildman–Crippen MR) is 39.1 cm³/mol. The summed E-state index contributed by atoms with van der Waals surface area (Å²) in [7, 11) is 0. The lowest BCUT2D eigenvalue weighted by molar-refractivity contribution is -0.327. The lowest BCUT2D eigenvalue weighted by atomic mass is 9.94. The lowest BCUT2D eigenvalue weighted by Crippen LogP contribution is -2.70. The Balaban J connectivity index is 2.79. The van der Waals surface area contributed by atoms with Gasteiger partial charge in [-0.2, -0.15) is 0 Å². The molecule has 0 aliphatic carbocycles. The van der Waals surface area contributed by atoms with Gasteiger partial charge in [-0.3, -0.25) is 5.73 Å². The third-order valence-corrected chi connectivity index (χ3v) is 2.06. The number of nitrogens with two attached hydrogens (primary N) is 1. The van der Waals surface area contributed by atoms with E-state index in [9.17, 15) is 15.3 Å². The van der Waals surface area contributed by atoms with Crippen molar-refractivity contribution in [3.63, 3.8) is 0 Å². The minimum absolute atomic E-state index is 0.592. The van der Waals surface area contributed by atoms with E-state index in [2.05, 4.69) is 4.74 Å². The zero-order valence-corrected chi connectivity index (χ0v) is 6.74. The van der Waals surface area contributed by atoms with Gasteiger partial charge in [0.25, 0.3) is 0 Å². The lowest BCUT2D eigenvalue weighted by Gasteiger charge is -2.43. The number of aliphatic hydroxyl groups is 5. The van der Waals surface area contributed by atoms with Crippen LogP contribution in [-0.2, 0) is 4.74 Å². The molecular formula is C6H13NO6. The van der Waals surface area contributed by atoms with Crippen LogP contribution in [0.3, 0.4) is 0 Å². The Labute approximate surface area is 74.0 Å². The highest BCUT2D eigenvalue weighted by atomic mass is 16.6. The molecule has 1 fully saturated rings. The first-order chi connectivity index (χ1) is 5.91. The van der Waals surface area contributed by atoms with E-state index in [1.807, 2.05) is 0 Å². The number of ether oxygens (including phenoxy) is 1. The molecule has 1 aliphatic rings. The van der Waals surface area contributed by atoms with Crippen molar-refractivity contribution in [2.45, 2.75) is 30.3 Å². The van der Waals surface area contributed by atoms with Crippen LogP contribution in [0.25, 0.3) is 0 Å². The molecule has 1 aliphatic heterocycles. The molecule has 7 heteroatoms. The molecule has 0 bridgehead atoms. The van der Waals surface area contributed by atoms with E-state index in [0.29, 0.717) is 0 Å². The summed E-state index contributed by atoms with van der Waals surface area (Å²) in [6.45, 7) is -0.592. The summed E-state index contributed by atoms with van der Waals surface area (Å²) in [6.07, 6.45) is -6.31. The van der Waals surface area contributed by atoms with Crippen LogP contribution in [0.5, 0.6) is 0 Å². The Morgan fingerprint density at radius 1 is 1.31 bits per heavy atom. The number of hydrogen-bond donors (Lipinski definition) is 6. The Hall–Kier alpha value is -0.280. The van der Waals surface area contributed by atoms with Gasteiger partial charge in [-0.15, -0.1) is 0 Å². The van der Waals surface area contributed by atoms with Crippen molar-refractivity contribution in [1.29, 1.82) is 0 Å². The molecule has 0 radical (unpaired) electrons. The summed E-state index contributed by atoms with van der Waals surface area (Å²) in [5.41, 5.74) is 2.64. The van der Waals surface area contributed by atoms with E-state index in [1.54, 1.807) is 0 Å². The minimum atomic E-state index is -2.43. The molecule has 13 heavy (non-hydrogen) atoms. The van der Waals surface area contributed by atoms with Gasteiger partial charge >= 0.3 is 0 Å². The maximum atomic E-state index is 9.21. The number of rotatable bonds is 1. The second-order valence-electron chi connectivity index (χ2n) is 3.03. The van der Waals surface area contributed by atoms with Gasteiger partial charge in [0.05, 0.1) is 6.61 Å². The van der Waals surface area contributed by atoms with Crippen LogP contribution < -0.4 is 5.73 Å². The zero-order chi connectivity index (χ0) is 10.2. The smallest absolute Gasteiger partial charge is 0.200 e. The van der Waals surface area contributed by atoms with Crippen molar-refractivity contribution in [2.75, 3.05) is 6.61 Å². The fourth-order valence-corrected chi connectivity index (χ4v) is 1.13. The third kappa shape index (κ3) is 1.67. The molecule has 1 rings (SSSR count). The quantitative estimate of drug-likeness (QED) is 0.235. The van der Waals surface area contributed by atoms with Gasteiger partial charge in [0.2, 0.25) is 6.29 Å². The molecule has 5 atom stereocenters. The molecule has 0 amide bonds. The maximum Gasteiger partial charge on any atom is 0.200 e. The van der Waals surface area contributed by atoms with Crippen molar-refractivity contribution in [3.05, 3.63) is 0 Å². The van der Waals surface area contributed by atoms with E-state index in [4.69, 9.17) is 15.9 Å². The van der Waals surface area contributed by atoms with Crippen molar-refractivity contribution < 1.29 is 30.3 Å². The topological polar surface area (TPSA) is 136 Å². The minimum Gasteiger partial charge on any atom is -0.394 e. The summed E-state index contributed by atoms with van der Waals surface area (Å²) in [5, 5.41) is 45.3. The molecule has 78 valence electrons. The normalized spacial score (nSPS) is 52.2. The maximum absolute atomic E-state index is 9.21. The molecule has 0 aromatic rings. The van der Waals surface area contributed by atoms with Crippen molar-refractivity contribution in [2.24, 2.45) is 5.73 Å². The zero-order valence-electron chi connectivity index (χ0n) is 6.74. The van der Waals surface area contributed by atoms with E-state index in [1.165, 1.54) is 0 Å². The molecule has 0 aromatic carbocycles. The van der Waals surface area contributed by atoms with Crippen molar-refractivity contribution in [3.8, 4) is 0 Å². The van der Waals surface area contributed by atoms with Crippen molar-refractivity contribution in [1.82, 2.24) is 0 Å². The van der Waals surface area contributed by atoms with Gasteiger partial charge in [-0.1, -0.05) is 0 Å². The molecule has 1 saturated heterocycles. The summed E-state index contributed by atoms with van der Waals surface area (Å²) < 4.78 is 4.55. The van der Waals surface area contributed by atoms with E-state index in [0.717, 1.165) is 0 Å². The fraction of sp³-hybridized carbons (Fsp3) is 1.00. The van der Waals surface area contributed by atoms with Gasteiger partial charge in [-0.25, -0.2) is 0 Å². The molecule has 7 nitrogen and oxygen atoms in total. The Bertz CT molecular complexity index is 186. The summed E-state index contributed by atoms with van der Waals surface area (Å²) >= 11 is 0. The first-order valence-corrected chi connectivity index (χ1v) is 3.73. The monoisotopic (exact) mass is 195 g/mol. The standard InChI is InChI=1S/C6H13NO6/c7-6(12)4(10)3(9)2(1-8)13-5(6)11/h2-5,8-12H,1,7H2/t2-,3+,4+,5?,6-/m1/s1. The Kier molecular flexibility index (Phi) is 2.88. The average molecular weight is 195 g/mol. The second kappa shape index (κ2) is 3.46. The van der Waals surface area contributed by atoms with E-state index in [-0.39, 0.29) is 0 Å². The molecular weight excluding hydrogens is 182 g/mol. The Morgan fingerprint density at radius 3 is 2.31 bits per heavy atom. The molecule has 0 aromatic heterocycles. The summed E-state index contributed by atoms with van der Waals surface area (Å²) in [4.78, 5) is 0. The van der Waals surface area contributed by atoms with Crippen LogP contribution in [0.1, 0.15) is 0 Å². The van der Waals surface area contributed by atoms with Crippen LogP contribution in [0.15, 0.2) is 0 Å². The van der Waals surface area contributed by atoms with Crippen LogP contribution in [0.2, 0.25) is 0 Å². The molecule has 1 heterocycles. The SMILES string of the molecule is N[C@]1(O)C(O)O[C@H](CO)[C@H](O)[C@@H]1O. The summed E-state index contributed by atoms with van der Waals surface area (Å²) in [6, 6.07) is 0.